The Bertz CT molecular complexity index is 2090. The van der Waals surface area contributed by atoms with Gasteiger partial charge in [-0.25, -0.2) is 4.39 Å². The summed E-state index contributed by atoms with van der Waals surface area (Å²) in [5.41, 5.74) is 1.77. The van der Waals surface area contributed by atoms with Crippen molar-refractivity contribution >= 4 is 58.4 Å². The molecular formula is C41H42Cl2FN5O6. The first-order valence-corrected chi connectivity index (χ1v) is 19.8. The highest BCUT2D eigenvalue weighted by molar-refractivity contribution is 6.31. The molecule has 2 saturated heterocycles. The molecule has 3 aromatic rings. The Labute approximate surface area is 328 Å². The van der Waals surface area contributed by atoms with E-state index in [1.165, 1.54) is 6.07 Å². The van der Waals surface area contributed by atoms with E-state index in [2.05, 4.69) is 21.3 Å². The van der Waals surface area contributed by atoms with Gasteiger partial charge in [-0.05, 0) is 78.6 Å². The third-order valence-electron chi connectivity index (χ3n) is 12.3. The molecule has 1 saturated carbocycles. The van der Waals surface area contributed by atoms with E-state index in [0.717, 1.165) is 30.4 Å². The summed E-state index contributed by atoms with van der Waals surface area (Å²) >= 11 is 12.7. The van der Waals surface area contributed by atoms with E-state index in [4.69, 9.17) is 27.9 Å². The number of ether oxygens (including phenoxy) is 1. The Kier molecular flexibility index (Phi) is 10.2. The summed E-state index contributed by atoms with van der Waals surface area (Å²) in [6.45, 7) is 1.12. The number of hydrogen-bond acceptors (Lipinski definition) is 7. The minimum atomic E-state index is -1.31. The fourth-order valence-electron chi connectivity index (χ4n) is 9.92. The molecular weight excluding hydrogens is 748 g/mol. The van der Waals surface area contributed by atoms with Crippen LogP contribution in [0.25, 0.3) is 0 Å². The van der Waals surface area contributed by atoms with Crippen LogP contribution in [-0.4, -0.2) is 71.8 Å². The van der Waals surface area contributed by atoms with E-state index >= 15 is 4.39 Å². The van der Waals surface area contributed by atoms with E-state index in [0.29, 0.717) is 67.1 Å². The van der Waals surface area contributed by atoms with Crippen LogP contribution >= 0.6 is 23.2 Å². The van der Waals surface area contributed by atoms with Crippen LogP contribution in [0.1, 0.15) is 89.9 Å². The van der Waals surface area contributed by atoms with Gasteiger partial charge in [0.15, 0.2) is 0 Å². The zero-order chi connectivity index (χ0) is 38.5. The second-order valence-electron chi connectivity index (χ2n) is 15.2. The number of carbonyl (C=O) groups excluding carboxylic acids is 5. The zero-order valence-electron chi connectivity index (χ0n) is 30.2. The Hall–Kier alpha value is -4.36. The molecule has 1 aliphatic carbocycles. The number of rotatable bonds is 10. The van der Waals surface area contributed by atoms with Gasteiger partial charge >= 0.3 is 0 Å². The number of anilines is 1. The number of halogens is 3. The summed E-state index contributed by atoms with van der Waals surface area (Å²) in [4.78, 5) is 67.6. The minimum Gasteiger partial charge on any atom is -0.380 e. The molecule has 0 bridgehead atoms. The zero-order valence-corrected chi connectivity index (χ0v) is 31.7. The number of aryl methyl sites for hydroxylation is 1. The second kappa shape index (κ2) is 14.9. The van der Waals surface area contributed by atoms with E-state index in [1.54, 1.807) is 35.2 Å². The Morgan fingerprint density at radius 2 is 1.78 bits per heavy atom. The van der Waals surface area contributed by atoms with Gasteiger partial charge in [0.2, 0.25) is 23.6 Å². The summed E-state index contributed by atoms with van der Waals surface area (Å²) in [6.07, 6.45) is 5.73. The monoisotopic (exact) mass is 789 g/mol. The molecule has 4 N–H and O–H groups in total. The van der Waals surface area contributed by atoms with Gasteiger partial charge in [-0.1, -0.05) is 72.8 Å². The van der Waals surface area contributed by atoms with Gasteiger partial charge in [0.05, 0.1) is 17.7 Å². The lowest BCUT2D eigenvalue weighted by molar-refractivity contribution is -0.137. The lowest BCUT2D eigenvalue weighted by atomic mass is 9.55. The molecule has 5 amide bonds. The van der Waals surface area contributed by atoms with E-state index in [1.807, 2.05) is 18.2 Å². The highest BCUT2D eigenvalue weighted by Crippen LogP contribution is 2.62. The fourth-order valence-corrected chi connectivity index (χ4v) is 10.3. The van der Waals surface area contributed by atoms with Crippen molar-refractivity contribution in [1.29, 1.82) is 0 Å². The van der Waals surface area contributed by atoms with Crippen LogP contribution in [0.4, 0.5) is 10.1 Å². The predicted molar refractivity (Wildman–Crippen MR) is 203 cm³/mol. The SMILES string of the molecule is O=C1CCC(N2Cc3c(CCCOCCNC(=O)[C@@H]4NC5(CCCCC5)[C@@]5(C(=O)Nc6cc(Cl)ccc65)[C@H]4c4cccc(Cl)c4F)cccc3C2=O)C(=O)N1. The van der Waals surface area contributed by atoms with Crippen LogP contribution in [0, 0.1) is 5.82 Å². The van der Waals surface area contributed by atoms with E-state index in [9.17, 15) is 24.0 Å². The maximum absolute atomic E-state index is 16.1. The second-order valence-corrected chi connectivity index (χ2v) is 16.0. The molecule has 3 fully saturated rings. The lowest BCUT2D eigenvalue weighted by Crippen LogP contribution is -2.60. The molecule has 4 atom stereocenters. The topological polar surface area (TPSA) is 146 Å². The number of benzene rings is 3. The van der Waals surface area contributed by atoms with E-state index < -0.39 is 40.7 Å². The van der Waals surface area contributed by atoms with Crippen molar-refractivity contribution in [2.75, 3.05) is 25.1 Å². The lowest BCUT2D eigenvalue weighted by Gasteiger charge is -2.47. The molecule has 0 aromatic heterocycles. The largest absolute Gasteiger partial charge is 0.380 e. The van der Waals surface area contributed by atoms with Gasteiger partial charge in [-0.3, -0.25) is 34.6 Å². The number of piperidine rings is 1. The summed E-state index contributed by atoms with van der Waals surface area (Å²) in [5.74, 6) is -3.21. The minimum absolute atomic E-state index is 0.0850. The van der Waals surface area contributed by atoms with Crippen LogP contribution in [-0.2, 0) is 42.3 Å². The first kappa shape index (κ1) is 37.6. The summed E-state index contributed by atoms with van der Waals surface area (Å²) in [5, 5.41) is 12.4. The third kappa shape index (κ3) is 6.31. The average molecular weight is 791 g/mol. The predicted octanol–water partition coefficient (Wildman–Crippen LogP) is 5.31. The number of imide groups is 1. The standard InChI is InChI=1S/C41H42Cl2FN5O6/c42-24-12-13-28-30(21-24)46-39(54)41(28)33(26-10-5-11-29(43)34(26)44)35(48-40(41)16-2-1-3-17-40)37(52)45-18-20-55-19-6-8-23-7-4-9-25-27(23)22-49(38(25)53)31-14-15-32(50)47-36(31)51/h4-5,7,9-13,21,31,33,35,48H,1-3,6,8,14-20,22H2,(H,45,52)(H,46,54)(H,47,50,51)/t31?,33-,35+,41+/m0/s1. The summed E-state index contributed by atoms with van der Waals surface area (Å²) in [6, 6.07) is 13.9. The number of amides is 5. The molecule has 1 unspecified atom stereocenters. The van der Waals surface area contributed by atoms with Gasteiger partial charge in [-0.2, -0.15) is 0 Å². The maximum atomic E-state index is 16.1. The summed E-state index contributed by atoms with van der Waals surface area (Å²) < 4.78 is 22.0. The molecule has 14 heteroatoms. The van der Waals surface area contributed by atoms with Gasteiger partial charge in [0.1, 0.15) is 17.3 Å². The smallest absolute Gasteiger partial charge is 0.255 e. The van der Waals surface area contributed by atoms with Crippen LogP contribution in [0.5, 0.6) is 0 Å². The third-order valence-corrected chi connectivity index (χ3v) is 12.8. The van der Waals surface area contributed by atoms with Crippen molar-refractivity contribution in [1.82, 2.24) is 20.9 Å². The highest BCUT2D eigenvalue weighted by Gasteiger charge is 2.72. The Balaban J connectivity index is 0.939. The molecule has 5 aliphatic rings. The number of fused-ring (bicyclic) bond motifs is 4. The van der Waals surface area contributed by atoms with Crippen LogP contribution in [0.15, 0.2) is 54.6 Å². The van der Waals surface area contributed by atoms with Gasteiger partial charge in [0, 0.05) is 53.8 Å². The molecule has 55 heavy (non-hydrogen) atoms. The van der Waals surface area contributed by atoms with Gasteiger partial charge < -0.3 is 20.3 Å². The number of carbonyl (C=O) groups is 5. The maximum Gasteiger partial charge on any atom is 0.255 e. The Morgan fingerprint density at radius 1 is 0.982 bits per heavy atom. The van der Waals surface area contributed by atoms with Crippen molar-refractivity contribution in [2.45, 2.75) is 93.3 Å². The van der Waals surface area contributed by atoms with E-state index in [-0.39, 0.29) is 53.8 Å². The first-order valence-electron chi connectivity index (χ1n) is 19.0. The van der Waals surface area contributed by atoms with Crippen molar-refractivity contribution in [3.63, 3.8) is 0 Å². The molecule has 11 nitrogen and oxygen atoms in total. The van der Waals surface area contributed by atoms with Crippen LogP contribution in [0.2, 0.25) is 10.0 Å². The molecule has 4 heterocycles. The number of hydrogen-bond donors (Lipinski definition) is 4. The van der Waals surface area contributed by atoms with Crippen molar-refractivity contribution in [2.24, 2.45) is 0 Å². The van der Waals surface area contributed by atoms with Crippen LogP contribution < -0.4 is 21.3 Å². The first-order chi connectivity index (χ1) is 26.6. The molecule has 2 spiro atoms. The average Bonchev–Trinajstić information content (AvgIpc) is 3.76. The summed E-state index contributed by atoms with van der Waals surface area (Å²) in [7, 11) is 0. The number of nitrogens with one attached hydrogen (secondary N) is 4. The quantitative estimate of drug-likeness (QED) is 0.161. The van der Waals surface area contributed by atoms with Crippen molar-refractivity contribution in [3.05, 3.63) is 98.3 Å². The normalized spacial score (nSPS) is 25.3. The number of nitrogens with zero attached hydrogens (tertiary/aromatic N) is 1. The molecule has 8 rings (SSSR count). The van der Waals surface area contributed by atoms with Gasteiger partial charge in [0.25, 0.3) is 5.91 Å². The van der Waals surface area contributed by atoms with Gasteiger partial charge in [-0.15, -0.1) is 0 Å². The molecule has 288 valence electrons. The molecule has 0 radical (unpaired) electrons. The Morgan fingerprint density at radius 3 is 2.58 bits per heavy atom. The molecule has 4 aliphatic heterocycles. The van der Waals surface area contributed by atoms with Crippen molar-refractivity contribution < 1.29 is 33.1 Å². The van der Waals surface area contributed by atoms with Crippen molar-refractivity contribution in [3.8, 4) is 0 Å². The highest BCUT2D eigenvalue weighted by atomic mass is 35.5. The van der Waals surface area contributed by atoms with Crippen LogP contribution in [0.3, 0.4) is 0 Å². The fraction of sp³-hybridized carbons (Fsp3) is 0.439. The molecule has 3 aromatic carbocycles.